The van der Waals surface area contributed by atoms with Gasteiger partial charge in [-0.25, -0.2) is 0 Å². The van der Waals surface area contributed by atoms with Gasteiger partial charge in [0.15, 0.2) is 0 Å². The Morgan fingerprint density at radius 2 is 2.14 bits per heavy atom. The van der Waals surface area contributed by atoms with Crippen LogP contribution in [0.1, 0.15) is 31.7 Å². The summed E-state index contributed by atoms with van der Waals surface area (Å²) in [7, 11) is 0. The maximum absolute atomic E-state index is 5.76. The molecular formula is C18H28N2O. The van der Waals surface area contributed by atoms with Crippen molar-refractivity contribution in [2.45, 2.75) is 39.2 Å². The van der Waals surface area contributed by atoms with Gasteiger partial charge in [-0.3, -0.25) is 0 Å². The molecule has 1 aromatic carbocycles. The van der Waals surface area contributed by atoms with Crippen LogP contribution in [-0.4, -0.2) is 38.9 Å². The number of para-hydroxylation sites is 1. The Hall–Kier alpha value is -1.06. The molecule has 1 aliphatic heterocycles. The van der Waals surface area contributed by atoms with E-state index in [9.17, 15) is 0 Å². The predicted molar refractivity (Wildman–Crippen MR) is 88.0 cm³/mol. The van der Waals surface area contributed by atoms with Gasteiger partial charge in [0.05, 0.1) is 6.61 Å². The average molecular weight is 288 g/mol. The largest absolute Gasteiger partial charge is 0.381 e. The number of ether oxygens (including phenoxy) is 1. The van der Waals surface area contributed by atoms with Gasteiger partial charge in [0, 0.05) is 43.4 Å². The number of hydrogen-bond donors (Lipinski definition) is 1. The third-order valence-electron chi connectivity index (χ3n) is 4.89. The standard InChI is InChI=1S/C18H28N2O/c1-3-20(17-7-5-4-6-15(17)2)13-18(10-11-21-14-18)12-19-16-8-9-16/h4-7,16,19H,3,8-14H2,1-2H3. The van der Waals surface area contributed by atoms with Crippen molar-refractivity contribution < 1.29 is 4.74 Å². The molecule has 0 aromatic heterocycles. The zero-order chi connectivity index (χ0) is 14.7. The van der Waals surface area contributed by atoms with Gasteiger partial charge in [-0.05, 0) is 44.7 Å². The van der Waals surface area contributed by atoms with Gasteiger partial charge < -0.3 is 15.0 Å². The highest BCUT2D eigenvalue weighted by Gasteiger charge is 2.38. The molecule has 1 saturated heterocycles. The average Bonchev–Trinajstić information content (AvgIpc) is 3.23. The SMILES string of the molecule is CCN(CC1(CNC2CC2)CCOC1)c1ccccc1C. The van der Waals surface area contributed by atoms with Crippen molar-refractivity contribution >= 4 is 5.69 Å². The number of benzene rings is 1. The highest BCUT2D eigenvalue weighted by molar-refractivity contribution is 5.53. The second-order valence-electron chi connectivity index (χ2n) is 6.76. The minimum absolute atomic E-state index is 0.279. The van der Waals surface area contributed by atoms with Crippen LogP contribution in [0.4, 0.5) is 5.69 Å². The Kier molecular flexibility index (Phi) is 4.51. The van der Waals surface area contributed by atoms with E-state index < -0.39 is 0 Å². The van der Waals surface area contributed by atoms with E-state index in [1.165, 1.54) is 30.5 Å². The summed E-state index contributed by atoms with van der Waals surface area (Å²) < 4.78 is 5.76. The molecule has 0 spiro atoms. The Labute approximate surface area is 128 Å². The maximum Gasteiger partial charge on any atom is 0.0552 e. The molecule has 0 bridgehead atoms. The number of aryl methyl sites for hydroxylation is 1. The summed E-state index contributed by atoms with van der Waals surface area (Å²) >= 11 is 0. The summed E-state index contributed by atoms with van der Waals surface area (Å²) in [5, 5.41) is 3.73. The molecular weight excluding hydrogens is 260 g/mol. The van der Waals surface area contributed by atoms with E-state index in [2.05, 4.69) is 48.3 Å². The molecule has 3 heteroatoms. The van der Waals surface area contributed by atoms with Crippen LogP contribution < -0.4 is 10.2 Å². The summed E-state index contributed by atoms with van der Waals surface area (Å²) in [4.78, 5) is 2.53. The molecule has 2 fully saturated rings. The first kappa shape index (κ1) is 14.9. The topological polar surface area (TPSA) is 24.5 Å². The van der Waals surface area contributed by atoms with E-state index >= 15 is 0 Å². The Morgan fingerprint density at radius 1 is 1.33 bits per heavy atom. The number of nitrogens with one attached hydrogen (secondary N) is 1. The van der Waals surface area contributed by atoms with E-state index in [4.69, 9.17) is 4.74 Å². The predicted octanol–water partition coefficient (Wildman–Crippen LogP) is 2.98. The van der Waals surface area contributed by atoms with Gasteiger partial charge in [0.25, 0.3) is 0 Å². The Balaban J connectivity index is 1.71. The second-order valence-corrected chi connectivity index (χ2v) is 6.76. The molecule has 1 aromatic rings. The molecule has 1 N–H and O–H groups in total. The van der Waals surface area contributed by atoms with Crippen LogP contribution in [0, 0.1) is 12.3 Å². The molecule has 1 atom stereocenters. The molecule has 1 saturated carbocycles. The van der Waals surface area contributed by atoms with Crippen molar-refractivity contribution in [3.8, 4) is 0 Å². The van der Waals surface area contributed by atoms with Gasteiger partial charge in [0.2, 0.25) is 0 Å². The lowest BCUT2D eigenvalue weighted by atomic mass is 9.86. The number of anilines is 1. The lowest BCUT2D eigenvalue weighted by molar-refractivity contribution is 0.152. The Bertz CT molecular complexity index is 464. The van der Waals surface area contributed by atoms with Crippen LogP contribution in [-0.2, 0) is 4.74 Å². The third kappa shape index (κ3) is 3.58. The van der Waals surface area contributed by atoms with Gasteiger partial charge in [-0.1, -0.05) is 18.2 Å². The van der Waals surface area contributed by atoms with Crippen molar-refractivity contribution in [2.24, 2.45) is 5.41 Å². The maximum atomic E-state index is 5.76. The zero-order valence-electron chi connectivity index (χ0n) is 13.4. The highest BCUT2D eigenvalue weighted by atomic mass is 16.5. The summed E-state index contributed by atoms with van der Waals surface area (Å²) in [5.74, 6) is 0. The molecule has 2 aliphatic rings. The van der Waals surface area contributed by atoms with Crippen molar-refractivity contribution in [2.75, 3.05) is 37.7 Å². The van der Waals surface area contributed by atoms with E-state index in [0.29, 0.717) is 0 Å². The molecule has 1 unspecified atom stereocenters. The van der Waals surface area contributed by atoms with Gasteiger partial charge in [-0.2, -0.15) is 0 Å². The third-order valence-corrected chi connectivity index (χ3v) is 4.89. The van der Waals surface area contributed by atoms with Crippen LogP contribution in [0.2, 0.25) is 0 Å². The number of nitrogens with zero attached hydrogens (tertiary/aromatic N) is 1. The monoisotopic (exact) mass is 288 g/mol. The molecule has 0 amide bonds. The molecule has 116 valence electrons. The van der Waals surface area contributed by atoms with Crippen LogP contribution in [0.5, 0.6) is 0 Å². The first-order valence-electron chi connectivity index (χ1n) is 8.34. The van der Waals surface area contributed by atoms with Gasteiger partial charge >= 0.3 is 0 Å². The second kappa shape index (κ2) is 6.37. The summed E-state index contributed by atoms with van der Waals surface area (Å²) in [6.07, 6.45) is 3.88. The van der Waals surface area contributed by atoms with Crippen LogP contribution in [0.3, 0.4) is 0 Å². The lowest BCUT2D eigenvalue weighted by Crippen LogP contribution is -2.45. The van der Waals surface area contributed by atoms with Crippen molar-refractivity contribution in [1.82, 2.24) is 5.32 Å². The minimum atomic E-state index is 0.279. The summed E-state index contributed by atoms with van der Waals surface area (Å²) in [6, 6.07) is 9.49. The van der Waals surface area contributed by atoms with E-state index in [0.717, 1.165) is 38.9 Å². The van der Waals surface area contributed by atoms with E-state index in [-0.39, 0.29) is 5.41 Å². The van der Waals surface area contributed by atoms with Crippen molar-refractivity contribution in [3.63, 3.8) is 0 Å². The number of hydrogen-bond acceptors (Lipinski definition) is 3. The molecule has 1 heterocycles. The van der Waals surface area contributed by atoms with Gasteiger partial charge in [-0.15, -0.1) is 0 Å². The smallest absolute Gasteiger partial charge is 0.0552 e. The fourth-order valence-corrected chi connectivity index (χ4v) is 3.31. The zero-order valence-corrected chi connectivity index (χ0v) is 13.4. The van der Waals surface area contributed by atoms with Crippen molar-refractivity contribution in [3.05, 3.63) is 29.8 Å². The molecule has 0 radical (unpaired) electrons. The fraction of sp³-hybridized carbons (Fsp3) is 0.667. The first-order valence-corrected chi connectivity index (χ1v) is 8.34. The lowest BCUT2D eigenvalue weighted by Gasteiger charge is -2.36. The minimum Gasteiger partial charge on any atom is -0.381 e. The quantitative estimate of drug-likeness (QED) is 0.835. The van der Waals surface area contributed by atoms with Crippen molar-refractivity contribution in [1.29, 1.82) is 0 Å². The van der Waals surface area contributed by atoms with Gasteiger partial charge in [0.1, 0.15) is 0 Å². The molecule has 3 rings (SSSR count). The van der Waals surface area contributed by atoms with Crippen LogP contribution in [0.25, 0.3) is 0 Å². The van der Waals surface area contributed by atoms with Crippen LogP contribution in [0.15, 0.2) is 24.3 Å². The summed E-state index contributed by atoms with van der Waals surface area (Å²) in [5.41, 5.74) is 3.02. The summed E-state index contributed by atoms with van der Waals surface area (Å²) in [6.45, 7) is 9.51. The highest BCUT2D eigenvalue weighted by Crippen LogP contribution is 2.33. The van der Waals surface area contributed by atoms with Crippen LogP contribution >= 0.6 is 0 Å². The van der Waals surface area contributed by atoms with E-state index in [1.807, 2.05) is 0 Å². The Morgan fingerprint density at radius 3 is 2.76 bits per heavy atom. The molecule has 3 nitrogen and oxygen atoms in total. The van der Waals surface area contributed by atoms with E-state index in [1.54, 1.807) is 0 Å². The molecule has 1 aliphatic carbocycles. The molecule has 21 heavy (non-hydrogen) atoms. The first-order chi connectivity index (χ1) is 10.2. The fourth-order valence-electron chi connectivity index (χ4n) is 3.31. The number of rotatable bonds is 7. The normalized spacial score (nSPS) is 25.2.